The first kappa shape index (κ1) is 14.0. The summed E-state index contributed by atoms with van der Waals surface area (Å²) in [6, 6.07) is 2.19. The van der Waals surface area contributed by atoms with Crippen LogP contribution < -0.4 is 5.32 Å². The number of nitrogens with one attached hydrogen (secondary N) is 1. The standard InChI is InChI=1S/C14H30N2/c1-5-12(3)16(6-2)14-11-9-7-8-10-13(14)15-4/h12-15H,5-11H2,1-4H3. The minimum atomic E-state index is 0.705. The largest absolute Gasteiger partial charge is 0.315 e. The lowest BCUT2D eigenvalue weighted by Crippen LogP contribution is -2.51. The molecule has 0 aromatic carbocycles. The van der Waals surface area contributed by atoms with Gasteiger partial charge in [-0.3, -0.25) is 4.90 Å². The second-order valence-electron chi connectivity index (χ2n) is 5.19. The molecule has 2 heteroatoms. The molecule has 3 unspecified atom stereocenters. The molecule has 0 saturated heterocycles. The van der Waals surface area contributed by atoms with Crippen molar-refractivity contribution < 1.29 is 0 Å². The molecule has 0 heterocycles. The molecular weight excluding hydrogens is 196 g/mol. The van der Waals surface area contributed by atoms with Crippen LogP contribution in [0.4, 0.5) is 0 Å². The van der Waals surface area contributed by atoms with Gasteiger partial charge >= 0.3 is 0 Å². The van der Waals surface area contributed by atoms with E-state index >= 15 is 0 Å². The van der Waals surface area contributed by atoms with Crippen molar-refractivity contribution in [2.45, 2.75) is 77.4 Å². The summed E-state index contributed by atoms with van der Waals surface area (Å²) in [4.78, 5) is 2.71. The summed E-state index contributed by atoms with van der Waals surface area (Å²) in [5.74, 6) is 0. The third-order valence-electron chi connectivity index (χ3n) is 4.30. The van der Waals surface area contributed by atoms with Crippen molar-refractivity contribution in [1.29, 1.82) is 0 Å². The Morgan fingerprint density at radius 3 is 2.44 bits per heavy atom. The molecule has 1 rings (SSSR count). The molecular formula is C14H30N2. The maximum atomic E-state index is 3.55. The predicted octanol–water partition coefficient (Wildman–Crippen LogP) is 3.03. The fourth-order valence-electron chi connectivity index (χ4n) is 3.13. The topological polar surface area (TPSA) is 15.3 Å². The highest BCUT2D eigenvalue weighted by atomic mass is 15.2. The van der Waals surface area contributed by atoms with Crippen molar-refractivity contribution in [2.75, 3.05) is 13.6 Å². The minimum absolute atomic E-state index is 0.705. The molecule has 1 aliphatic rings. The van der Waals surface area contributed by atoms with E-state index in [4.69, 9.17) is 0 Å². The zero-order chi connectivity index (χ0) is 12.0. The van der Waals surface area contributed by atoms with E-state index in [-0.39, 0.29) is 0 Å². The van der Waals surface area contributed by atoms with Gasteiger partial charge in [0.1, 0.15) is 0 Å². The van der Waals surface area contributed by atoms with Gasteiger partial charge in [-0.1, -0.05) is 33.1 Å². The van der Waals surface area contributed by atoms with Crippen LogP contribution in [0, 0.1) is 0 Å². The summed E-state index contributed by atoms with van der Waals surface area (Å²) >= 11 is 0. The van der Waals surface area contributed by atoms with Crippen LogP contribution in [-0.2, 0) is 0 Å². The van der Waals surface area contributed by atoms with Crippen molar-refractivity contribution in [3.05, 3.63) is 0 Å². The first-order valence-corrected chi connectivity index (χ1v) is 7.17. The highest BCUT2D eigenvalue weighted by molar-refractivity contribution is 4.87. The van der Waals surface area contributed by atoms with Gasteiger partial charge in [0.15, 0.2) is 0 Å². The number of nitrogens with zero attached hydrogens (tertiary/aromatic N) is 1. The minimum Gasteiger partial charge on any atom is -0.315 e. The van der Waals surface area contributed by atoms with E-state index in [1.54, 1.807) is 0 Å². The van der Waals surface area contributed by atoms with Crippen molar-refractivity contribution >= 4 is 0 Å². The molecule has 0 aromatic heterocycles. The normalized spacial score (nSPS) is 29.1. The smallest absolute Gasteiger partial charge is 0.0251 e. The van der Waals surface area contributed by atoms with Crippen molar-refractivity contribution in [3.8, 4) is 0 Å². The first-order valence-electron chi connectivity index (χ1n) is 7.17. The van der Waals surface area contributed by atoms with Crippen LogP contribution in [-0.4, -0.2) is 36.6 Å². The summed E-state index contributed by atoms with van der Waals surface area (Å²) in [6.45, 7) is 8.18. The number of hydrogen-bond acceptors (Lipinski definition) is 2. The Bertz CT molecular complexity index is 182. The van der Waals surface area contributed by atoms with E-state index < -0.39 is 0 Å². The summed E-state index contributed by atoms with van der Waals surface area (Å²) in [6.07, 6.45) is 8.24. The zero-order valence-electron chi connectivity index (χ0n) is 11.6. The van der Waals surface area contributed by atoms with Crippen LogP contribution in [0.5, 0.6) is 0 Å². The quantitative estimate of drug-likeness (QED) is 0.725. The van der Waals surface area contributed by atoms with Crippen LogP contribution in [0.25, 0.3) is 0 Å². The third kappa shape index (κ3) is 3.46. The average Bonchev–Trinajstić information content (AvgIpc) is 2.55. The molecule has 0 amide bonds. The SMILES string of the molecule is CCC(C)N(CC)C1CCCCCC1NC. The van der Waals surface area contributed by atoms with Crippen LogP contribution in [0.1, 0.15) is 59.3 Å². The Balaban J connectivity index is 2.69. The van der Waals surface area contributed by atoms with Crippen LogP contribution >= 0.6 is 0 Å². The van der Waals surface area contributed by atoms with Gasteiger partial charge in [-0.05, 0) is 39.8 Å². The summed E-state index contributed by atoms with van der Waals surface area (Å²) in [7, 11) is 2.13. The number of likely N-dealkylation sites (N-methyl/N-ethyl adjacent to an activating group) is 2. The molecule has 1 fully saturated rings. The van der Waals surface area contributed by atoms with Gasteiger partial charge < -0.3 is 5.32 Å². The fraction of sp³-hybridized carbons (Fsp3) is 1.00. The lowest BCUT2D eigenvalue weighted by molar-refractivity contribution is 0.112. The molecule has 0 radical (unpaired) electrons. The maximum Gasteiger partial charge on any atom is 0.0251 e. The number of hydrogen-bond donors (Lipinski definition) is 1. The second-order valence-corrected chi connectivity index (χ2v) is 5.19. The molecule has 1 aliphatic carbocycles. The van der Waals surface area contributed by atoms with Crippen molar-refractivity contribution in [3.63, 3.8) is 0 Å². The Morgan fingerprint density at radius 2 is 1.88 bits per heavy atom. The Hall–Kier alpha value is -0.0800. The van der Waals surface area contributed by atoms with Gasteiger partial charge in [0.05, 0.1) is 0 Å². The van der Waals surface area contributed by atoms with Crippen LogP contribution in [0.3, 0.4) is 0 Å². The fourth-order valence-corrected chi connectivity index (χ4v) is 3.13. The van der Waals surface area contributed by atoms with E-state index in [1.165, 1.54) is 45.1 Å². The lowest BCUT2D eigenvalue weighted by Gasteiger charge is -2.39. The molecule has 0 aromatic rings. The van der Waals surface area contributed by atoms with E-state index in [0.717, 1.165) is 12.1 Å². The van der Waals surface area contributed by atoms with Crippen molar-refractivity contribution in [1.82, 2.24) is 10.2 Å². The molecule has 3 atom stereocenters. The van der Waals surface area contributed by atoms with Gasteiger partial charge in [-0.15, -0.1) is 0 Å². The van der Waals surface area contributed by atoms with Crippen LogP contribution in [0.15, 0.2) is 0 Å². The Kier molecular flexibility index (Phi) is 6.37. The van der Waals surface area contributed by atoms with Crippen molar-refractivity contribution in [2.24, 2.45) is 0 Å². The first-order chi connectivity index (χ1) is 7.74. The van der Waals surface area contributed by atoms with Gasteiger partial charge in [0, 0.05) is 18.1 Å². The van der Waals surface area contributed by atoms with Gasteiger partial charge in [0.25, 0.3) is 0 Å². The monoisotopic (exact) mass is 226 g/mol. The van der Waals surface area contributed by atoms with Gasteiger partial charge in [-0.25, -0.2) is 0 Å². The molecule has 0 aliphatic heterocycles. The highest BCUT2D eigenvalue weighted by Crippen LogP contribution is 2.24. The van der Waals surface area contributed by atoms with E-state index in [2.05, 4.69) is 38.0 Å². The Morgan fingerprint density at radius 1 is 1.19 bits per heavy atom. The average molecular weight is 226 g/mol. The highest BCUT2D eigenvalue weighted by Gasteiger charge is 2.28. The summed E-state index contributed by atoms with van der Waals surface area (Å²) in [5, 5.41) is 3.55. The molecule has 16 heavy (non-hydrogen) atoms. The third-order valence-corrected chi connectivity index (χ3v) is 4.30. The molecule has 0 bridgehead atoms. The van der Waals surface area contributed by atoms with Gasteiger partial charge in [-0.2, -0.15) is 0 Å². The lowest BCUT2D eigenvalue weighted by atomic mass is 9.99. The predicted molar refractivity (Wildman–Crippen MR) is 71.9 cm³/mol. The zero-order valence-corrected chi connectivity index (χ0v) is 11.6. The second kappa shape index (κ2) is 7.29. The summed E-state index contributed by atoms with van der Waals surface area (Å²) < 4.78 is 0. The maximum absolute atomic E-state index is 3.55. The molecule has 1 N–H and O–H groups in total. The molecule has 96 valence electrons. The van der Waals surface area contributed by atoms with E-state index in [9.17, 15) is 0 Å². The molecule has 0 spiro atoms. The van der Waals surface area contributed by atoms with E-state index in [0.29, 0.717) is 6.04 Å². The molecule has 1 saturated carbocycles. The van der Waals surface area contributed by atoms with Gasteiger partial charge in [0.2, 0.25) is 0 Å². The van der Waals surface area contributed by atoms with E-state index in [1.807, 2.05) is 0 Å². The Labute approximate surface area is 102 Å². The van der Waals surface area contributed by atoms with Crippen LogP contribution in [0.2, 0.25) is 0 Å². The number of rotatable bonds is 5. The molecule has 2 nitrogen and oxygen atoms in total. The summed E-state index contributed by atoms with van der Waals surface area (Å²) in [5.41, 5.74) is 0.